The molecule has 0 aromatic carbocycles. The van der Waals surface area contributed by atoms with Crippen LogP contribution in [-0.2, 0) is 0 Å². The van der Waals surface area contributed by atoms with E-state index in [9.17, 15) is 0 Å². The normalized spacial score (nSPS) is 11.8. The summed E-state index contributed by atoms with van der Waals surface area (Å²) in [6, 6.07) is 1.96. The van der Waals surface area contributed by atoms with Gasteiger partial charge in [-0.1, -0.05) is 20.8 Å². The Balaban J connectivity index is 2.18. The summed E-state index contributed by atoms with van der Waals surface area (Å²) in [6.45, 7) is 7.19. The van der Waals surface area contributed by atoms with Gasteiger partial charge in [0.05, 0.1) is 12.0 Å². The van der Waals surface area contributed by atoms with Gasteiger partial charge in [-0.3, -0.25) is 5.43 Å². The topological polar surface area (TPSA) is 73.1 Å². The van der Waals surface area contributed by atoms with Crippen LogP contribution in [-0.4, -0.2) is 16.6 Å². The molecule has 2 rings (SSSR count). The molecule has 2 heterocycles. The molecule has 3 N–H and O–H groups in total. The van der Waals surface area contributed by atoms with E-state index in [4.69, 9.17) is 10.6 Å². The molecule has 18 heavy (non-hydrogen) atoms. The molecule has 0 saturated carbocycles. The van der Waals surface area contributed by atoms with E-state index in [2.05, 4.69) is 36.2 Å². The minimum atomic E-state index is 0.246. The van der Waals surface area contributed by atoms with Crippen molar-refractivity contribution in [3.63, 3.8) is 0 Å². The van der Waals surface area contributed by atoms with Gasteiger partial charge in [0, 0.05) is 0 Å². The van der Waals surface area contributed by atoms with Gasteiger partial charge in [-0.15, -0.1) is 11.3 Å². The van der Waals surface area contributed by atoms with E-state index in [-0.39, 0.29) is 5.41 Å². The number of thiophene rings is 1. The third-order valence-electron chi connectivity index (χ3n) is 2.51. The second-order valence-corrected chi connectivity index (χ2v) is 6.19. The highest BCUT2D eigenvalue weighted by atomic mass is 32.1. The van der Waals surface area contributed by atoms with Crippen LogP contribution >= 0.6 is 11.3 Å². The molecule has 0 bridgehead atoms. The SMILES string of the molecule is CC(C)(C)CCOc1nc(NN)nc2sccc12. The molecule has 0 amide bonds. The van der Waals surface area contributed by atoms with E-state index >= 15 is 0 Å². The van der Waals surface area contributed by atoms with Crippen molar-refractivity contribution in [2.75, 3.05) is 12.0 Å². The summed E-state index contributed by atoms with van der Waals surface area (Å²) < 4.78 is 5.76. The first kappa shape index (κ1) is 13.0. The molecule has 0 aliphatic carbocycles. The van der Waals surface area contributed by atoms with Crippen molar-refractivity contribution >= 4 is 27.5 Å². The average molecular weight is 266 g/mol. The molecule has 98 valence electrons. The molecule has 0 saturated heterocycles. The maximum absolute atomic E-state index is 5.76. The molecule has 0 atom stereocenters. The number of nitrogens with zero attached hydrogens (tertiary/aromatic N) is 2. The number of anilines is 1. The van der Waals surface area contributed by atoms with Crippen LogP contribution < -0.4 is 16.0 Å². The van der Waals surface area contributed by atoms with Gasteiger partial charge in [0.1, 0.15) is 4.83 Å². The molecule has 2 aromatic heterocycles. The third kappa shape index (κ3) is 3.08. The highest BCUT2D eigenvalue weighted by Gasteiger charge is 2.13. The van der Waals surface area contributed by atoms with E-state index in [1.807, 2.05) is 11.4 Å². The molecule has 0 unspecified atom stereocenters. The molecule has 6 heteroatoms. The van der Waals surface area contributed by atoms with Crippen molar-refractivity contribution in [1.29, 1.82) is 0 Å². The van der Waals surface area contributed by atoms with Gasteiger partial charge in [-0.2, -0.15) is 4.98 Å². The van der Waals surface area contributed by atoms with Crippen LogP contribution in [0, 0.1) is 5.41 Å². The second-order valence-electron chi connectivity index (χ2n) is 5.30. The summed E-state index contributed by atoms with van der Waals surface area (Å²) in [7, 11) is 0. The van der Waals surface area contributed by atoms with Gasteiger partial charge in [0.2, 0.25) is 11.8 Å². The van der Waals surface area contributed by atoms with E-state index < -0.39 is 0 Å². The fraction of sp³-hybridized carbons (Fsp3) is 0.500. The largest absolute Gasteiger partial charge is 0.477 e. The molecular formula is C12H18N4OS. The third-order valence-corrected chi connectivity index (χ3v) is 3.32. The lowest BCUT2D eigenvalue weighted by Crippen LogP contribution is -2.13. The number of hydrogen-bond donors (Lipinski definition) is 2. The number of rotatable bonds is 4. The van der Waals surface area contributed by atoms with Crippen molar-refractivity contribution in [1.82, 2.24) is 9.97 Å². The molecular weight excluding hydrogens is 248 g/mol. The number of nitrogen functional groups attached to an aromatic ring is 1. The summed E-state index contributed by atoms with van der Waals surface area (Å²) in [5, 5.41) is 2.91. The molecule has 2 aromatic rings. The van der Waals surface area contributed by atoms with E-state index in [1.54, 1.807) is 11.3 Å². The van der Waals surface area contributed by atoms with Gasteiger partial charge < -0.3 is 4.74 Å². The quantitative estimate of drug-likeness (QED) is 0.657. The van der Waals surface area contributed by atoms with Crippen LogP contribution in [0.2, 0.25) is 0 Å². The number of aromatic nitrogens is 2. The highest BCUT2D eigenvalue weighted by Crippen LogP contribution is 2.28. The molecule has 0 aliphatic rings. The van der Waals surface area contributed by atoms with Crippen LogP contribution in [0.1, 0.15) is 27.2 Å². The van der Waals surface area contributed by atoms with Gasteiger partial charge in [-0.25, -0.2) is 10.8 Å². The lowest BCUT2D eigenvalue weighted by Gasteiger charge is -2.18. The summed E-state index contributed by atoms with van der Waals surface area (Å²) in [5.41, 5.74) is 2.71. The van der Waals surface area contributed by atoms with Crippen molar-refractivity contribution in [3.8, 4) is 5.88 Å². The Morgan fingerprint density at radius 1 is 1.39 bits per heavy atom. The average Bonchev–Trinajstić information content (AvgIpc) is 2.75. The number of hydrazine groups is 1. The zero-order chi connectivity index (χ0) is 13.2. The van der Waals surface area contributed by atoms with Gasteiger partial charge >= 0.3 is 0 Å². The zero-order valence-corrected chi connectivity index (χ0v) is 11.7. The Hall–Kier alpha value is -1.40. The van der Waals surface area contributed by atoms with Gasteiger partial charge in [0.25, 0.3) is 0 Å². The number of nitrogens with two attached hydrogens (primary N) is 1. The highest BCUT2D eigenvalue weighted by molar-refractivity contribution is 7.16. The first-order chi connectivity index (χ1) is 8.49. The Labute approximate surface area is 110 Å². The minimum Gasteiger partial charge on any atom is -0.477 e. The Bertz CT molecular complexity index is 532. The molecule has 0 radical (unpaired) electrons. The number of nitrogens with one attached hydrogen (secondary N) is 1. The summed E-state index contributed by atoms with van der Waals surface area (Å²) in [5.74, 6) is 6.33. The lowest BCUT2D eigenvalue weighted by atomic mass is 9.93. The maximum Gasteiger partial charge on any atom is 0.241 e. The maximum atomic E-state index is 5.76. The Morgan fingerprint density at radius 2 is 2.17 bits per heavy atom. The van der Waals surface area contributed by atoms with E-state index in [0.717, 1.165) is 16.6 Å². The summed E-state index contributed by atoms with van der Waals surface area (Å²) in [6.07, 6.45) is 0.966. The first-order valence-electron chi connectivity index (χ1n) is 5.84. The van der Waals surface area contributed by atoms with Crippen LogP contribution in [0.5, 0.6) is 5.88 Å². The minimum absolute atomic E-state index is 0.246. The van der Waals surface area contributed by atoms with Gasteiger partial charge in [-0.05, 0) is 23.3 Å². The predicted octanol–water partition coefficient (Wildman–Crippen LogP) is 2.79. The fourth-order valence-corrected chi connectivity index (χ4v) is 2.21. The molecule has 0 aliphatic heterocycles. The number of hydrogen-bond acceptors (Lipinski definition) is 6. The Morgan fingerprint density at radius 3 is 2.83 bits per heavy atom. The molecule has 0 fully saturated rings. The zero-order valence-electron chi connectivity index (χ0n) is 10.9. The molecule has 0 spiro atoms. The van der Waals surface area contributed by atoms with Crippen LogP contribution in [0.3, 0.4) is 0 Å². The monoisotopic (exact) mass is 266 g/mol. The van der Waals surface area contributed by atoms with E-state index in [0.29, 0.717) is 18.4 Å². The molecule has 5 nitrogen and oxygen atoms in total. The van der Waals surface area contributed by atoms with Gasteiger partial charge in [0.15, 0.2) is 0 Å². The van der Waals surface area contributed by atoms with Crippen LogP contribution in [0.25, 0.3) is 10.2 Å². The number of ether oxygens (including phenoxy) is 1. The lowest BCUT2D eigenvalue weighted by molar-refractivity contribution is 0.239. The smallest absolute Gasteiger partial charge is 0.241 e. The van der Waals surface area contributed by atoms with Crippen LogP contribution in [0.4, 0.5) is 5.95 Å². The summed E-state index contributed by atoms with van der Waals surface area (Å²) >= 11 is 1.54. The standard InChI is InChI=1S/C12H18N4OS/c1-12(2,3)5-6-17-9-8-4-7-18-10(8)15-11(14-9)16-13/h4,7H,5-6,13H2,1-3H3,(H,14,15,16). The fourth-order valence-electron chi connectivity index (χ4n) is 1.46. The summed E-state index contributed by atoms with van der Waals surface area (Å²) in [4.78, 5) is 9.39. The van der Waals surface area contributed by atoms with Crippen LogP contribution in [0.15, 0.2) is 11.4 Å². The van der Waals surface area contributed by atoms with Crippen molar-refractivity contribution in [2.24, 2.45) is 11.3 Å². The Kier molecular flexibility index (Phi) is 3.68. The second kappa shape index (κ2) is 5.07. The van der Waals surface area contributed by atoms with Crippen molar-refractivity contribution in [3.05, 3.63) is 11.4 Å². The first-order valence-corrected chi connectivity index (χ1v) is 6.72. The van der Waals surface area contributed by atoms with Crippen molar-refractivity contribution in [2.45, 2.75) is 27.2 Å². The van der Waals surface area contributed by atoms with E-state index in [1.165, 1.54) is 0 Å². The predicted molar refractivity (Wildman–Crippen MR) is 74.8 cm³/mol. The number of fused-ring (bicyclic) bond motifs is 1. The van der Waals surface area contributed by atoms with Crippen molar-refractivity contribution < 1.29 is 4.74 Å².